The van der Waals surface area contributed by atoms with E-state index in [0.29, 0.717) is 61.9 Å². The number of nitrogens with one attached hydrogen (secondary N) is 1. The Bertz CT molecular complexity index is 1730. The van der Waals surface area contributed by atoms with Crippen LogP contribution in [0.4, 0.5) is 11.5 Å². The second kappa shape index (κ2) is 12.9. The van der Waals surface area contributed by atoms with E-state index in [1.807, 2.05) is 31.2 Å². The zero-order valence-electron chi connectivity index (χ0n) is 24.0. The number of nitrogens with zero attached hydrogens (tertiary/aromatic N) is 4. The second-order valence-corrected chi connectivity index (χ2v) is 11.2. The number of anilines is 2. The number of carbonyl (C=O) groups is 1. The molecule has 42 heavy (non-hydrogen) atoms. The minimum absolute atomic E-state index is 0.257. The highest BCUT2D eigenvalue weighted by Gasteiger charge is 2.17. The average Bonchev–Trinajstić information content (AvgIpc) is 3.42. The van der Waals surface area contributed by atoms with Crippen LogP contribution in [0.1, 0.15) is 36.2 Å². The lowest BCUT2D eigenvalue weighted by Gasteiger charge is -2.18. The molecule has 0 fully saturated rings. The molecular weight excluding hydrogens is 572 g/mol. The molecule has 218 valence electrons. The normalized spacial score (nSPS) is 11.4. The van der Waals surface area contributed by atoms with Gasteiger partial charge in [-0.25, -0.2) is 15.0 Å². The number of amides is 1. The Hall–Kier alpha value is -3.99. The molecule has 1 amide bonds. The minimum atomic E-state index is -0.257. The van der Waals surface area contributed by atoms with Gasteiger partial charge in [-0.3, -0.25) is 4.79 Å². The van der Waals surface area contributed by atoms with Gasteiger partial charge >= 0.3 is 0 Å². The first-order valence-electron chi connectivity index (χ1n) is 13.8. The summed E-state index contributed by atoms with van der Waals surface area (Å²) in [7, 11) is 1.60. The molecule has 11 heteroatoms. The number of methoxy groups -OCH3 is 1. The Morgan fingerprint density at radius 2 is 1.86 bits per heavy atom. The van der Waals surface area contributed by atoms with Crippen LogP contribution in [0.15, 0.2) is 48.5 Å². The molecule has 0 spiro atoms. The molecule has 9 nitrogen and oxygen atoms in total. The van der Waals surface area contributed by atoms with E-state index >= 15 is 0 Å². The molecule has 0 saturated carbocycles. The Morgan fingerprint density at radius 3 is 2.60 bits per heavy atom. The average molecular weight is 605 g/mol. The van der Waals surface area contributed by atoms with E-state index < -0.39 is 0 Å². The first-order chi connectivity index (χ1) is 20.3. The fourth-order valence-corrected chi connectivity index (χ4v) is 5.88. The number of para-hydroxylation sites is 1. The SMILES string of the molecule is CCN(CC)CCCOc1cc2nc(-c3nc4ccc(C(=O)Nc5c(C)cccc5Cl)cc4s3)nc(N)c2cc1OC. The Kier molecular flexibility index (Phi) is 9.06. The van der Waals surface area contributed by atoms with Gasteiger partial charge in [-0.15, -0.1) is 11.3 Å². The molecule has 0 bridgehead atoms. The smallest absolute Gasteiger partial charge is 0.255 e. The largest absolute Gasteiger partial charge is 0.493 e. The van der Waals surface area contributed by atoms with E-state index in [-0.39, 0.29) is 5.91 Å². The van der Waals surface area contributed by atoms with Crippen LogP contribution < -0.4 is 20.5 Å². The summed E-state index contributed by atoms with van der Waals surface area (Å²) in [5, 5.41) is 4.67. The Balaban J connectivity index is 1.40. The number of aryl methyl sites for hydroxylation is 1. The van der Waals surface area contributed by atoms with Gasteiger partial charge < -0.3 is 25.4 Å². The number of nitrogens with two attached hydrogens (primary N) is 1. The van der Waals surface area contributed by atoms with E-state index in [2.05, 4.69) is 29.0 Å². The van der Waals surface area contributed by atoms with E-state index in [1.54, 1.807) is 31.4 Å². The first kappa shape index (κ1) is 29.5. The van der Waals surface area contributed by atoms with Gasteiger partial charge in [-0.1, -0.05) is 37.6 Å². The number of aromatic nitrogens is 3. The molecule has 0 radical (unpaired) electrons. The summed E-state index contributed by atoms with van der Waals surface area (Å²) in [5.74, 6) is 1.63. The standard InChI is InChI=1S/C31H33ClN6O3S/c1-5-38(6-2)13-8-14-41-25-17-23-20(16-24(25)40-4)28(33)37-29(34-23)31-35-22-12-11-19(15-26(22)42-31)30(39)36-27-18(3)9-7-10-21(27)32/h7,9-12,15-17H,5-6,8,13-14H2,1-4H3,(H,36,39)(H2,33,34,37). The number of rotatable bonds is 11. The molecule has 5 aromatic rings. The molecule has 3 aromatic carbocycles. The van der Waals surface area contributed by atoms with Crippen LogP contribution in [0, 0.1) is 6.92 Å². The summed E-state index contributed by atoms with van der Waals surface area (Å²) in [5.41, 5.74) is 9.70. The number of hydrogen-bond donors (Lipinski definition) is 2. The van der Waals surface area contributed by atoms with E-state index in [1.165, 1.54) is 11.3 Å². The number of benzene rings is 3. The highest BCUT2D eigenvalue weighted by atomic mass is 35.5. The van der Waals surface area contributed by atoms with Crippen molar-refractivity contribution in [3.8, 4) is 22.3 Å². The van der Waals surface area contributed by atoms with Gasteiger partial charge in [0.25, 0.3) is 5.91 Å². The maximum Gasteiger partial charge on any atom is 0.255 e. The Labute approximate surface area is 253 Å². The highest BCUT2D eigenvalue weighted by Crippen LogP contribution is 2.36. The summed E-state index contributed by atoms with van der Waals surface area (Å²) in [6.07, 6.45) is 0.893. The lowest BCUT2D eigenvalue weighted by molar-refractivity contribution is 0.102. The summed E-state index contributed by atoms with van der Waals surface area (Å²) >= 11 is 7.69. The third kappa shape index (κ3) is 6.25. The lowest BCUT2D eigenvalue weighted by Crippen LogP contribution is -2.25. The van der Waals surface area contributed by atoms with E-state index in [4.69, 9.17) is 36.8 Å². The number of ether oxygens (including phenoxy) is 2. The summed E-state index contributed by atoms with van der Waals surface area (Å²) in [6, 6.07) is 14.5. The maximum atomic E-state index is 13.0. The van der Waals surface area contributed by atoms with Gasteiger partial charge in [0, 0.05) is 23.6 Å². The number of nitrogen functional groups attached to an aromatic ring is 1. The van der Waals surface area contributed by atoms with Crippen molar-refractivity contribution in [1.29, 1.82) is 0 Å². The Morgan fingerprint density at radius 1 is 1.05 bits per heavy atom. The van der Waals surface area contributed by atoms with Crippen molar-refractivity contribution in [1.82, 2.24) is 19.9 Å². The van der Waals surface area contributed by atoms with E-state index in [9.17, 15) is 4.79 Å². The predicted octanol–water partition coefficient (Wildman–Crippen LogP) is 6.82. The van der Waals surface area contributed by atoms with Gasteiger partial charge in [-0.05, 0) is 62.3 Å². The third-order valence-corrected chi connectivity index (χ3v) is 8.41. The monoisotopic (exact) mass is 604 g/mol. The van der Waals surface area contributed by atoms with Crippen LogP contribution in [0.25, 0.3) is 32.0 Å². The molecule has 3 N–H and O–H groups in total. The number of carbonyl (C=O) groups excluding carboxylic acids is 1. The van der Waals surface area contributed by atoms with Crippen LogP contribution in [-0.4, -0.2) is 59.1 Å². The predicted molar refractivity (Wildman–Crippen MR) is 171 cm³/mol. The van der Waals surface area contributed by atoms with Crippen molar-refractivity contribution < 1.29 is 14.3 Å². The number of halogens is 1. The molecule has 0 saturated heterocycles. The molecule has 0 aliphatic carbocycles. The van der Waals surface area contributed by atoms with Crippen LogP contribution in [0.3, 0.4) is 0 Å². The number of hydrogen-bond acceptors (Lipinski definition) is 9. The maximum absolute atomic E-state index is 13.0. The zero-order valence-corrected chi connectivity index (χ0v) is 25.6. The fourth-order valence-electron chi connectivity index (χ4n) is 4.68. The molecule has 2 heterocycles. The molecular formula is C31H33ClN6O3S. The molecule has 0 aliphatic heterocycles. The van der Waals surface area contributed by atoms with Crippen LogP contribution in [0.5, 0.6) is 11.5 Å². The van der Waals surface area contributed by atoms with E-state index in [0.717, 1.165) is 41.8 Å². The van der Waals surface area contributed by atoms with Gasteiger partial charge in [0.15, 0.2) is 22.3 Å². The number of thiazole rings is 1. The molecule has 0 atom stereocenters. The summed E-state index contributed by atoms with van der Waals surface area (Å²) in [4.78, 5) is 29.4. The topological polar surface area (TPSA) is 115 Å². The van der Waals surface area contributed by atoms with Crippen molar-refractivity contribution in [2.75, 3.05) is 44.4 Å². The zero-order chi connectivity index (χ0) is 29.8. The van der Waals surface area contributed by atoms with Crippen LogP contribution >= 0.6 is 22.9 Å². The van der Waals surface area contributed by atoms with Gasteiger partial charge in [0.05, 0.1) is 40.2 Å². The van der Waals surface area contributed by atoms with Crippen molar-refractivity contribution >= 4 is 61.5 Å². The first-order valence-corrected chi connectivity index (χ1v) is 15.0. The van der Waals surface area contributed by atoms with Crippen molar-refractivity contribution in [3.05, 3.63) is 64.7 Å². The van der Waals surface area contributed by atoms with Crippen molar-refractivity contribution in [3.63, 3.8) is 0 Å². The molecule has 0 unspecified atom stereocenters. The van der Waals surface area contributed by atoms with Crippen LogP contribution in [0.2, 0.25) is 5.02 Å². The number of fused-ring (bicyclic) bond motifs is 2. The molecule has 2 aromatic heterocycles. The van der Waals surface area contributed by atoms with Gasteiger partial charge in [0.2, 0.25) is 0 Å². The minimum Gasteiger partial charge on any atom is -0.493 e. The quantitative estimate of drug-likeness (QED) is 0.158. The summed E-state index contributed by atoms with van der Waals surface area (Å²) in [6.45, 7) is 9.74. The summed E-state index contributed by atoms with van der Waals surface area (Å²) < 4.78 is 12.5. The van der Waals surface area contributed by atoms with Crippen molar-refractivity contribution in [2.24, 2.45) is 0 Å². The lowest BCUT2D eigenvalue weighted by atomic mass is 10.1. The van der Waals surface area contributed by atoms with Crippen LogP contribution in [-0.2, 0) is 0 Å². The second-order valence-electron chi connectivity index (χ2n) is 9.77. The fraction of sp³-hybridized carbons (Fsp3) is 0.290. The molecule has 5 rings (SSSR count). The third-order valence-electron chi connectivity index (χ3n) is 7.08. The molecule has 0 aliphatic rings. The highest BCUT2D eigenvalue weighted by molar-refractivity contribution is 7.21. The van der Waals surface area contributed by atoms with Gasteiger partial charge in [0.1, 0.15) is 5.82 Å². The van der Waals surface area contributed by atoms with Crippen molar-refractivity contribution in [2.45, 2.75) is 27.2 Å². The van der Waals surface area contributed by atoms with Gasteiger partial charge in [-0.2, -0.15) is 0 Å².